The highest BCUT2D eigenvalue weighted by molar-refractivity contribution is 8.00. The van der Waals surface area contributed by atoms with Crippen LogP contribution in [0, 0.1) is 0 Å². The summed E-state index contributed by atoms with van der Waals surface area (Å²) < 4.78 is 12.1. The summed E-state index contributed by atoms with van der Waals surface area (Å²) in [5.41, 5.74) is 1.23. The van der Waals surface area contributed by atoms with Crippen molar-refractivity contribution in [1.82, 2.24) is 14.9 Å². The number of rotatable bonds is 10. The lowest BCUT2D eigenvalue weighted by molar-refractivity contribution is -0.120. The van der Waals surface area contributed by atoms with E-state index < -0.39 is 5.25 Å². The van der Waals surface area contributed by atoms with Crippen molar-refractivity contribution in [3.8, 4) is 5.75 Å². The normalized spacial score (nSPS) is 12.0. The highest BCUT2D eigenvalue weighted by Gasteiger charge is 2.20. The number of fused-ring (bicyclic) bond motifs is 1. The third-order valence-electron chi connectivity index (χ3n) is 4.91. The topological polar surface area (TPSA) is 82.4 Å². The fraction of sp³-hybridized carbons (Fsp3) is 0.348. The average Bonchev–Trinajstić information content (AvgIpc) is 2.79. The Bertz CT molecular complexity index is 1150. The van der Waals surface area contributed by atoms with Crippen LogP contribution < -0.4 is 15.6 Å². The lowest BCUT2D eigenvalue weighted by atomic mass is 10.2. The zero-order valence-electron chi connectivity index (χ0n) is 18.3. The zero-order valence-corrected chi connectivity index (χ0v) is 19.8. The van der Waals surface area contributed by atoms with Gasteiger partial charge in [0.2, 0.25) is 5.91 Å². The van der Waals surface area contributed by atoms with Crippen LogP contribution in [-0.2, 0) is 22.6 Å². The average molecular weight is 476 g/mol. The van der Waals surface area contributed by atoms with Crippen molar-refractivity contribution in [2.75, 3.05) is 20.8 Å². The Morgan fingerprint density at radius 3 is 2.78 bits per heavy atom. The molecule has 0 saturated carbocycles. The number of hydrogen-bond donors (Lipinski definition) is 1. The molecule has 1 amide bonds. The maximum absolute atomic E-state index is 13.1. The minimum absolute atomic E-state index is 0.160. The molecule has 3 aromatic rings. The largest absolute Gasteiger partial charge is 0.496 e. The molecule has 0 bridgehead atoms. The van der Waals surface area contributed by atoms with E-state index in [-0.39, 0.29) is 11.5 Å². The molecule has 2 aromatic carbocycles. The van der Waals surface area contributed by atoms with Crippen molar-refractivity contribution in [2.45, 2.75) is 36.8 Å². The molecule has 1 atom stereocenters. The van der Waals surface area contributed by atoms with Crippen molar-refractivity contribution in [3.05, 3.63) is 63.4 Å². The highest BCUT2D eigenvalue weighted by Crippen LogP contribution is 2.25. The molecule has 7 nitrogen and oxygen atoms in total. The molecule has 1 aromatic heterocycles. The molecule has 0 saturated heterocycles. The monoisotopic (exact) mass is 475 g/mol. The second-order valence-corrected chi connectivity index (χ2v) is 8.89. The van der Waals surface area contributed by atoms with Gasteiger partial charge in [0, 0.05) is 37.4 Å². The number of benzene rings is 2. The van der Waals surface area contributed by atoms with E-state index in [1.54, 1.807) is 43.9 Å². The minimum atomic E-state index is -0.470. The number of aromatic nitrogens is 2. The molecule has 0 aliphatic heterocycles. The summed E-state index contributed by atoms with van der Waals surface area (Å²) in [6, 6.07) is 12.5. The summed E-state index contributed by atoms with van der Waals surface area (Å²) in [6.07, 6.45) is 0.652. The smallest absolute Gasteiger partial charge is 0.262 e. The Morgan fingerprint density at radius 2 is 2.03 bits per heavy atom. The van der Waals surface area contributed by atoms with Crippen molar-refractivity contribution in [3.63, 3.8) is 0 Å². The van der Waals surface area contributed by atoms with E-state index >= 15 is 0 Å². The van der Waals surface area contributed by atoms with Gasteiger partial charge in [0.05, 0.1) is 23.3 Å². The molecule has 0 aliphatic rings. The molecule has 32 heavy (non-hydrogen) atoms. The van der Waals surface area contributed by atoms with E-state index in [2.05, 4.69) is 10.3 Å². The number of nitrogens with zero attached hydrogens (tertiary/aromatic N) is 2. The van der Waals surface area contributed by atoms with E-state index in [9.17, 15) is 9.59 Å². The van der Waals surface area contributed by atoms with Crippen LogP contribution >= 0.6 is 23.4 Å². The summed E-state index contributed by atoms with van der Waals surface area (Å²) in [6.45, 7) is 3.09. The molecular weight excluding hydrogens is 450 g/mol. The van der Waals surface area contributed by atoms with Crippen LogP contribution in [0.25, 0.3) is 10.9 Å². The summed E-state index contributed by atoms with van der Waals surface area (Å²) in [5, 5.41) is 3.92. The highest BCUT2D eigenvalue weighted by atomic mass is 35.5. The van der Waals surface area contributed by atoms with Gasteiger partial charge in [0.25, 0.3) is 5.56 Å². The van der Waals surface area contributed by atoms with Gasteiger partial charge >= 0.3 is 0 Å². The first-order chi connectivity index (χ1) is 15.4. The standard InChI is InChI=1S/C23H26ClN3O4S/c1-15(21(28)25-14-16-7-4-5-8-20(16)31-3)32-23-26-19-13-17(24)9-10-18(19)22(29)27(23)11-6-12-30-2/h4-5,7-10,13,15H,6,11-12,14H2,1-3H3,(H,25,28). The molecule has 0 aliphatic carbocycles. The van der Waals surface area contributed by atoms with Gasteiger partial charge < -0.3 is 14.8 Å². The van der Waals surface area contributed by atoms with Gasteiger partial charge in [-0.1, -0.05) is 41.6 Å². The van der Waals surface area contributed by atoms with Gasteiger partial charge in [-0.05, 0) is 37.6 Å². The number of ether oxygens (including phenoxy) is 2. The number of carbonyl (C=O) groups excluding carboxylic acids is 1. The second kappa shape index (κ2) is 11.4. The van der Waals surface area contributed by atoms with E-state index in [4.69, 9.17) is 21.1 Å². The van der Waals surface area contributed by atoms with Gasteiger partial charge in [0.15, 0.2) is 5.16 Å². The summed E-state index contributed by atoms with van der Waals surface area (Å²) in [4.78, 5) is 30.5. The predicted octanol–water partition coefficient (Wildman–Crippen LogP) is 3.89. The number of thioether (sulfide) groups is 1. The zero-order chi connectivity index (χ0) is 23.1. The number of para-hydroxylation sites is 1. The quantitative estimate of drug-likeness (QED) is 0.272. The van der Waals surface area contributed by atoms with Crippen LogP contribution in [0.3, 0.4) is 0 Å². The Kier molecular flexibility index (Phi) is 8.55. The number of hydrogen-bond acceptors (Lipinski definition) is 6. The summed E-state index contributed by atoms with van der Waals surface area (Å²) in [7, 11) is 3.22. The molecule has 1 N–H and O–H groups in total. The van der Waals surface area contributed by atoms with E-state index in [0.29, 0.717) is 52.9 Å². The molecule has 0 fully saturated rings. The van der Waals surface area contributed by atoms with Crippen molar-refractivity contribution in [1.29, 1.82) is 0 Å². The van der Waals surface area contributed by atoms with Crippen molar-refractivity contribution in [2.24, 2.45) is 0 Å². The Labute approximate surface area is 196 Å². The molecular formula is C23H26ClN3O4S. The van der Waals surface area contributed by atoms with Gasteiger partial charge in [-0.15, -0.1) is 0 Å². The number of halogens is 1. The summed E-state index contributed by atoms with van der Waals surface area (Å²) >= 11 is 7.34. The fourth-order valence-corrected chi connectivity index (χ4v) is 4.34. The first-order valence-electron chi connectivity index (χ1n) is 10.2. The molecule has 0 radical (unpaired) electrons. The predicted molar refractivity (Wildman–Crippen MR) is 128 cm³/mol. The van der Waals surface area contributed by atoms with Gasteiger partial charge in [-0.25, -0.2) is 4.98 Å². The van der Waals surface area contributed by atoms with Gasteiger partial charge in [-0.3, -0.25) is 14.2 Å². The molecule has 3 rings (SSSR count). The van der Waals surface area contributed by atoms with Crippen LogP contribution in [-0.4, -0.2) is 41.5 Å². The van der Waals surface area contributed by atoms with Crippen LogP contribution in [0.15, 0.2) is 52.4 Å². The number of methoxy groups -OCH3 is 2. The van der Waals surface area contributed by atoms with E-state index in [0.717, 1.165) is 5.56 Å². The summed E-state index contributed by atoms with van der Waals surface area (Å²) in [5.74, 6) is 0.554. The van der Waals surface area contributed by atoms with Crippen molar-refractivity contribution < 1.29 is 14.3 Å². The minimum Gasteiger partial charge on any atom is -0.496 e. The van der Waals surface area contributed by atoms with Crippen LogP contribution in [0.1, 0.15) is 18.9 Å². The third kappa shape index (κ3) is 5.82. The Balaban J connectivity index is 1.81. The molecule has 1 heterocycles. The molecule has 0 spiro atoms. The SMILES string of the molecule is COCCCn1c(SC(C)C(=O)NCc2ccccc2OC)nc2cc(Cl)ccc2c1=O. The first kappa shape index (κ1) is 24.1. The second-order valence-electron chi connectivity index (χ2n) is 7.15. The fourth-order valence-electron chi connectivity index (χ4n) is 3.21. The Morgan fingerprint density at radius 1 is 1.25 bits per heavy atom. The molecule has 1 unspecified atom stereocenters. The van der Waals surface area contributed by atoms with Crippen LogP contribution in [0.4, 0.5) is 0 Å². The number of carbonyl (C=O) groups is 1. The maximum Gasteiger partial charge on any atom is 0.262 e. The maximum atomic E-state index is 13.1. The van der Waals surface area contributed by atoms with Crippen LogP contribution in [0.5, 0.6) is 5.75 Å². The number of nitrogens with one attached hydrogen (secondary N) is 1. The van der Waals surface area contributed by atoms with E-state index in [1.165, 1.54) is 11.8 Å². The molecule has 170 valence electrons. The van der Waals surface area contributed by atoms with Crippen LogP contribution in [0.2, 0.25) is 5.02 Å². The van der Waals surface area contributed by atoms with E-state index in [1.807, 2.05) is 24.3 Å². The number of amides is 1. The third-order valence-corrected chi connectivity index (χ3v) is 6.23. The Hall–Kier alpha value is -2.55. The lowest BCUT2D eigenvalue weighted by Gasteiger charge is -2.17. The molecule has 9 heteroatoms. The first-order valence-corrected chi connectivity index (χ1v) is 11.5. The van der Waals surface area contributed by atoms with Gasteiger partial charge in [-0.2, -0.15) is 0 Å². The van der Waals surface area contributed by atoms with Gasteiger partial charge in [0.1, 0.15) is 5.75 Å². The van der Waals surface area contributed by atoms with Crippen molar-refractivity contribution >= 4 is 40.2 Å². The lowest BCUT2D eigenvalue weighted by Crippen LogP contribution is -2.32.